The van der Waals surface area contributed by atoms with Crippen molar-refractivity contribution in [2.45, 2.75) is 17.4 Å². The topological polar surface area (TPSA) is 81.2 Å². The van der Waals surface area contributed by atoms with Gasteiger partial charge in [-0.1, -0.05) is 0 Å². The molecule has 0 saturated carbocycles. The number of halogens is 1. The summed E-state index contributed by atoms with van der Waals surface area (Å²) >= 11 is 0. The summed E-state index contributed by atoms with van der Waals surface area (Å²) in [6.45, 7) is 0.647. The Morgan fingerprint density at radius 3 is 2.72 bits per heavy atom. The van der Waals surface area contributed by atoms with Gasteiger partial charge in [0.15, 0.2) is 5.65 Å². The number of hydrogen-bond acceptors (Lipinski definition) is 5. The van der Waals surface area contributed by atoms with Crippen molar-refractivity contribution in [3.05, 3.63) is 67.0 Å². The minimum absolute atomic E-state index is 0.0863. The molecule has 1 saturated heterocycles. The van der Waals surface area contributed by atoms with Gasteiger partial charge in [0.25, 0.3) is 0 Å². The van der Waals surface area contributed by atoms with Crippen LogP contribution in [-0.4, -0.2) is 40.3 Å². The summed E-state index contributed by atoms with van der Waals surface area (Å²) in [4.78, 5) is 9.24. The number of imidazole rings is 1. The summed E-state index contributed by atoms with van der Waals surface area (Å²) < 4.78 is 47.8. The van der Waals surface area contributed by atoms with Gasteiger partial charge in [-0.15, -0.1) is 0 Å². The second-order valence-electron chi connectivity index (χ2n) is 6.92. The van der Waals surface area contributed by atoms with E-state index < -0.39 is 15.8 Å². The molecule has 0 N–H and O–H groups in total. The fraction of sp³-hybridized carbons (Fsp3) is 0.200. The second kappa shape index (κ2) is 6.78. The van der Waals surface area contributed by atoms with Crippen LogP contribution in [0.3, 0.4) is 0 Å². The Hall–Kier alpha value is -3.04. The first-order valence-electron chi connectivity index (χ1n) is 9.15. The Balaban J connectivity index is 1.53. The molecular weight excluding hydrogens is 395 g/mol. The molecule has 1 fully saturated rings. The Kier molecular flexibility index (Phi) is 4.21. The van der Waals surface area contributed by atoms with Gasteiger partial charge in [0.1, 0.15) is 23.4 Å². The fourth-order valence-corrected chi connectivity index (χ4v) is 5.26. The summed E-state index contributed by atoms with van der Waals surface area (Å²) in [7, 11) is -3.71. The van der Waals surface area contributed by atoms with Crippen LogP contribution >= 0.6 is 0 Å². The number of hydrogen-bond donors (Lipinski definition) is 0. The fourth-order valence-electron chi connectivity index (χ4n) is 3.77. The predicted molar refractivity (Wildman–Crippen MR) is 104 cm³/mol. The van der Waals surface area contributed by atoms with Crippen molar-refractivity contribution in [2.24, 2.45) is 0 Å². The van der Waals surface area contributed by atoms with Gasteiger partial charge in [0.05, 0.1) is 22.8 Å². The van der Waals surface area contributed by atoms with E-state index in [1.165, 1.54) is 16.4 Å². The first-order chi connectivity index (χ1) is 14.0. The Morgan fingerprint density at radius 2 is 1.97 bits per heavy atom. The van der Waals surface area contributed by atoms with E-state index in [0.29, 0.717) is 24.4 Å². The summed E-state index contributed by atoms with van der Waals surface area (Å²) in [5.41, 5.74) is 2.25. The monoisotopic (exact) mass is 412 g/mol. The van der Waals surface area contributed by atoms with Gasteiger partial charge >= 0.3 is 0 Å². The van der Waals surface area contributed by atoms with E-state index in [-0.39, 0.29) is 17.5 Å². The van der Waals surface area contributed by atoms with E-state index in [0.717, 1.165) is 23.2 Å². The molecule has 1 aliphatic rings. The number of rotatable bonds is 4. The van der Waals surface area contributed by atoms with Gasteiger partial charge in [-0.2, -0.15) is 4.31 Å². The van der Waals surface area contributed by atoms with Crippen molar-refractivity contribution >= 4 is 21.2 Å². The van der Waals surface area contributed by atoms with E-state index in [1.807, 2.05) is 22.8 Å². The smallest absolute Gasteiger partial charge is 0.243 e. The number of benzene rings is 1. The molecule has 0 spiro atoms. The molecule has 0 bridgehead atoms. The van der Waals surface area contributed by atoms with Gasteiger partial charge in [0.2, 0.25) is 10.0 Å². The van der Waals surface area contributed by atoms with Gasteiger partial charge in [-0.3, -0.25) is 0 Å². The molecule has 4 heterocycles. The number of fused-ring (bicyclic) bond motifs is 1. The van der Waals surface area contributed by atoms with E-state index in [9.17, 15) is 12.8 Å². The third kappa shape index (κ3) is 3.02. The number of pyridine rings is 1. The Morgan fingerprint density at radius 1 is 1.14 bits per heavy atom. The third-order valence-corrected chi connectivity index (χ3v) is 7.05. The molecule has 7 nitrogen and oxygen atoms in total. The van der Waals surface area contributed by atoms with Crippen LogP contribution in [0.2, 0.25) is 0 Å². The summed E-state index contributed by atoms with van der Waals surface area (Å²) in [5, 5.41) is 0. The normalized spacial score (nSPS) is 17.9. The predicted octanol–water partition coefficient (Wildman–Crippen LogP) is 3.47. The quantitative estimate of drug-likeness (QED) is 0.513. The molecule has 3 aromatic heterocycles. The standard InChI is InChI=1S/C20H17FN4O3S/c21-15-3-5-17(6-4-15)29(26,27)24-10-7-16(12-24)25-19(14-8-11-28-13-14)23-18-2-1-9-22-20(18)25/h1-6,8-9,11,13,16H,7,10,12H2/t16-/m0/s1. The average Bonchev–Trinajstić information content (AvgIpc) is 3.46. The average molecular weight is 412 g/mol. The van der Waals surface area contributed by atoms with Crippen LogP contribution in [0.15, 0.2) is 70.5 Å². The highest BCUT2D eigenvalue weighted by molar-refractivity contribution is 7.89. The highest BCUT2D eigenvalue weighted by atomic mass is 32.2. The Bertz CT molecular complexity index is 1270. The zero-order chi connectivity index (χ0) is 20.0. The molecule has 1 aromatic carbocycles. The molecule has 0 aliphatic carbocycles. The largest absolute Gasteiger partial charge is 0.472 e. The van der Waals surface area contributed by atoms with Crippen LogP contribution in [0.1, 0.15) is 12.5 Å². The van der Waals surface area contributed by atoms with Crippen LogP contribution < -0.4 is 0 Å². The lowest BCUT2D eigenvalue weighted by Crippen LogP contribution is -2.29. The maximum absolute atomic E-state index is 13.2. The lowest BCUT2D eigenvalue weighted by molar-refractivity contribution is 0.455. The minimum atomic E-state index is -3.71. The first kappa shape index (κ1) is 18.0. The molecule has 9 heteroatoms. The van der Waals surface area contributed by atoms with E-state index in [4.69, 9.17) is 4.42 Å². The summed E-state index contributed by atoms with van der Waals surface area (Å²) in [6, 6.07) is 10.3. The first-order valence-corrected chi connectivity index (χ1v) is 10.6. The van der Waals surface area contributed by atoms with E-state index in [2.05, 4.69) is 9.97 Å². The van der Waals surface area contributed by atoms with Crippen molar-refractivity contribution in [3.63, 3.8) is 0 Å². The minimum Gasteiger partial charge on any atom is -0.472 e. The maximum Gasteiger partial charge on any atom is 0.243 e. The van der Waals surface area contributed by atoms with Crippen LogP contribution in [-0.2, 0) is 10.0 Å². The molecule has 5 rings (SSSR count). The van der Waals surface area contributed by atoms with Crippen molar-refractivity contribution < 1.29 is 17.2 Å². The van der Waals surface area contributed by atoms with Gasteiger partial charge < -0.3 is 8.98 Å². The molecule has 29 heavy (non-hydrogen) atoms. The van der Waals surface area contributed by atoms with Crippen molar-refractivity contribution in [3.8, 4) is 11.4 Å². The van der Waals surface area contributed by atoms with Crippen LogP contribution in [0.4, 0.5) is 4.39 Å². The molecule has 1 aliphatic heterocycles. The molecule has 4 aromatic rings. The molecule has 148 valence electrons. The van der Waals surface area contributed by atoms with Gasteiger partial charge in [-0.25, -0.2) is 22.8 Å². The van der Waals surface area contributed by atoms with Gasteiger partial charge in [-0.05, 0) is 48.9 Å². The molecular formula is C20H17FN4O3S. The van der Waals surface area contributed by atoms with Crippen LogP contribution in [0.25, 0.3) is 22.6 Å². The number of furan rings is 1. The van der Waals surface area contributed by atoms with E-state index >= 15 is 0 Å². The summed E-state index contributed by atoms with van der Waals surface area (Å²) in [5.74, 6) is 0.224. The maximum atomic E-state index is 13.2. The lowest BCUT2D eigenvalue weighted by atomic mass is 10.2. The summed E-state index contributed by atoms with van der Waals surface area (Å²) in [6.07, 6.45) is 5.50. The van der Waals surface area contributed by atoms with Crippen LogP contribution in [0.5, 0.6) is 0 Å². The lowest BCUT2D eigenvalue weighted by Gasteiger charge is -2.18. The highest BCUT2D eigenvalue weighted by Crippen LogP contribution is 2.34. The van der Waals surface area contributed by atoms with Crippen molar-refractivity contribution in [1.82, 2.24) is 18.8 Å². The molecule has 0 radical (unpaired) electrons. The zero-order valence-corrected chi connectivity index (χ0v) is 16.1. The highest BCUT2D eigenvalue weighted by Gasteiger charge is 2.35. The SMILES string of the molecule is O=S(=O)(c1ccc(F)cc1)N1CC[C@H](n2c(-c3ccoc3)nc3cccnc32)C1. The van der Waals surface area contributed by atoms with Crippen molar-refractivity contribution in [1.29, 1.82) is 0 Å². The third-order valence-electron chi connectivity index (χ3n) is 5.17. The number of aromatic nitrogens is 3. The number of sulfonamides is 1. The van der Waals surface area contributed by atoms with Crippen molar-refractivity contribution in [2.75, 3.05) is 13.1 Å². The zero-order valence-electron chi connectivity index (χ0n) is 15.3. The molecule has 1 atom stereocenters. The van der Waals surface area contributed by atoms with Gasteiger partial charge in [0, 0.05) is 19.3 Å². The van der Waals surface area contributed by atoms with Crippen LogP contribution in [0, 0.1) is 5.82 Å². The molecule has 0 unspecified atom stereocenters. The second-order valence-corrected chi connectivity index (χ2v) is 8.86. The number of nitrogens with zero attached hydrogens (tertiary/aromatic N) is 4. The Labute approximate surface area is 166 Å². The molecule has 0 amide bonds. The van der Waals surface area contributed by atoms with E-state index in [1.54, 1.807) is 18.7 Å².